The van der Waals surface area contributed by atoms with Crippen molar-refractivity contribution in [3.8, 4) is 0 Å². The normalized spacial score (nSPS) is 10.4. The van der Waals surface area contributed by atoms with Crippen LogP contribution in [-0.4, -0.2) is 16.2 Å². The highest BCUT2D eigenvalue weighted by Gasteiger charge is 2.10. The molecule has 0 aliphatic rings. The average molecular weight is 362 g/mol. The Hall–Kier alpha value is -1.45. The number of hydrogen-bond acceptors (Lipinski definition) is 6. The van der Waals surface area contributed by atoms with Crippen molar-refractivity contribution in [1.82, 2.24) is 9.97 Å². The van der Waals surface area contributed by atoms with E-state index in [0.717, 1.165) is 12.1 Å². The van der Waals surface area contributed by atoms with Crippen molar-refractivity contribution >= 4 is 45.0 Å². The van der Waals surface area contributed by atoms with Crippen LogP contribution in [0.15, 0.2) is 27.8 Å². The molecule has 0 atom stereocenters. The number of rotatable bonds is 4. The zero-order valence-corrected chi connectivity index (χ0v) is 12.6. The van der Waals surface area contributed by atoms with Gasteiger partial charge in [0.15, 0.2) is 5.16 Å². The first-order valence-electron chi connectivity index (χ1n) is 5.34. The van der Waals surface area contributed by atoms with Gasteiger partial charge in [-0.2, -0.15) is 0 Å². The molecule has 0 unspecified atom stereocenters. The highest BCUT2D eigenvalue weighted by Crippen LogP contribution is 2.26. The van der Waals surface area contributed by atoms with Gasteiger partial charge in [-0.05, 0) is 28.3 Å². The van der Waals surface area contributed by atoms with Gasteiger partial charge in [-0.3, -0.25) is 0 Å². The van der Waals surface area contributed by atoms with E-state index in [1.807, 2.05) is 0 Å². The van der Waals surface area contributed by atoms with Gasteiger partial charge >= 0.3 is 0 Å². The third kappa shape index (κ3) is 3.35. The van der Waals surface area contributed by atoms with Crippen molar-refractivity contribution < 1.29 is 8.78 Å². The lowest BCUT2D eigenvalue weighted by molar-refractivity contribution is 0.597. The molecule has 106 valence electrons. The predicted octanol–water partition coefficient (Wildman–Crippen LogP) is 3.27. The maximum atomic E-state index is 13.7. The molecule has 4 N–H and O–H groups in total. The first-order chi connectivity index (χ1) is 9.53. The molecule has 5 nitrogen and oxygen atoms in total. The fourth-order valence-electron chi connectivity index (χ4n) is 1.41. The van der Waals surface area contributed by atoms with Crippen molar-refractivity contribution in [3.63, 3.8) is 0 Å². The Morgan fingerprint density at radius 3 is 2.50 bits per heavy atom. The molecule has 9 heteroatoms. The number of anilines is 3. The zero-order chi connectivity index (χ0) is 14.7. The summed E-state index contributed by atoms with van der Waals surface area (Å²) in [4.78, 5) is 8.20. The molecule has 2 rings (SSSR count). The number of hydrogen-bond donors (Lipinski definition) is 3. The van der Waals surface area contributed by atoms with Crippen LogP contribution in [0.4, 0.5) is 26.1 Å². The second-order valence-corrected chi connectivity index (χ2v) is 5.27. The Balaban J connectivity index is 2.36. The summed E-state index contributed by atoms with van der Waals surface area (Å²) in [6.07, 6.45) is 1.79. The molecule has 20 heavy (non-hydrogen) atoms. The molecule has 1 aromatic carbocycles. The summed E-state index contributed by atoms with van der Waals surface area (Å²) >= 11 is 4.21. The van der Waals surface area contributed by atoms with Crippen LogP contribution in [0.1, 0.15) is 0 Å². The largest absolute Gasteiger partial charge is 0.338 e. The van der Waals surface area contributed by atoms with Gasteiger partial charge in [-0.15, -0.1) is 0 Å². The van der Waals surface area contributed by atoms with Crippen molar-refractivity contribution in [3.05, 3.63) is 34.3 Å². The summed E-state index contributed by atoms with van der Waals surface area (Å²) in [5.41, 5.74) is 2.35. The molecule has 0 aliphatic heterocycles. The summed E-state index contributed by atoms with van der Waals surface area (Å²) in [5.74, 6) is 4.78. The van der Waals surface area contributed by atoms with Crippen LogP contribution in [0, 0.1) is 11.6 Å². The van der Waals surface area contributed by atoms with E-state index in [9.17, 15) is 8.78 Å². The number of aromatic nitrogens is 2. The number of halogens is 3. The van der Waals surface area contributed by atoms with Crippen LogP contribution < -0.4 is 16.6 Å². The molecule has 2 aromatic rings. The maximum Gasteiger partial charge on any atom is 0.191 e. The van der Waals surface area contributed by atoms with Gasteiger partial charge in [0, 0.05) is 12.1 Å². The van der Waals surface area contributed by atoms with Crippen molar-refractivity contribution in [1.29, 1.82) is 0 Å². The van der Waals surface area contributed by atoms with Gasteiger partial charge < -0.3 is 10.7 Å². The number of nitrogens with one attached hydrogen (secondary N) is 2. The van der Waals surface area contributed by atoms with E-state index in [0.29, 0.717) is 16.8 Å². The number of nitrogens with zero attached hydrogens (tertiary/aromatic N) is 2. The van der Waals surface area contributed by atoms with E-state index >= 15 is 0 Å². The maximum absolute atomic E-state index is 13.7. The minimum atomic E-state index is -0.607. The third-order valence-corrected chi connectivity index (χ3v) is 3.46. The second kappa shape index (κ2) is 6.33. The number of hydrazine groups is 1. The fourth-order valence-corrected chi connectivity index (χ4v) is 2.11. The minimum Gasteiger partial charge on any atom is -0.338 e. The van der Waals surface area contributed by atoms with E-state index < -0.39 is 11.6 Å². The van der Waals surface area contributed by atoms with Crippen molar-refractivity contribution in [2.75, 3.05) is 17.0 Å². The molecule has 0 amide bonds. The van der Waals surface area contributed by atoms with Crippen LogP contribution >= 0.6 is 27.7 Å². The number of nitrogen functional groups attached to an aromatic ring is 1. The Morgan fingerprint density at radius 2 is 1.85 bits per heavy atom. The molecule has 0 saturated heterocycles. The summed E-state index contributed by atoms with van der Waals surface area (Å²) in [6, 6.07) is 3.56. The van der Waals surface area contributed by atoms with Gasteiger partial charge in [0.25, 0.3) is 0 Å². The van der Waals surface area contributed by atoms with E-state index in [1.165, 1.54) is 17.8 Å². The van der Waals surface area contributed by atoms with Crippen LogP contribution in [0.3, 0.4) is 0 Å². The summed E-state index contributed by atoms with van der Waals surface area (Å²) in [7, 11) is 0. The number of thioether (sulfide) groups is 1. The third-order valence-electron chi connectivity index (χ3n) is 2.31. The predicted molar refractivity (Wildman–Crippen MR) is 79.0 cm³/mol. The van der Waals surface area contributed by atoms with E-state index in [4.69, 9.17) is 5.84 Å². The van der Waals surface area contributed by atoms with Gasteiger partial charge in [-0.1, -0.05) is 11.8 Å². The first-order valence-corrected chi connectivity index (χ1v) is 7.36. The molecule has 0 aliphatic carbocycles. The topological polar surface area (TPSA) is 75.9 Å². The SMILES string of the molecule is CSc1nc(NN)cc(Nc2cc(F)c(Br)cc2F)n1. The summed E-state index contributed by atoms with van der Waals surface area (Å²) in [5, 5.41) is 3.14. The molecule has 0 saturated carbocycles. The van der Waals surface area contributed by atoms with Crippen molar-refractivity contribution in [2.24, 2.45) is 5.84 Å². The van der Waals surface area contributed by atoms with Gasteiger partial charge in [0.2, 0.25) is 0 Å². The number of nitrogens with two attached hydrogens (primary N) is 1. The summed E-state index contributed by atoms with van der Waals surface area (Å²) < 4.78 is 27.2. The monoisotopic (exact) mass is 361 g/mol. The van der Waals surface area contributed by atoms with E-state index in [-0.39, 0.29) is 10.2 Å². The average Bonchev–Trinajstić information content (AvgIpc) is 2.44. The first kappa shape index (κ1) is 14.9. The minimum absolute atomic E-state index is 0.0283. The molecule has 0 fully saturated rings. The van der Waals surface area contributed by atoms with Crippen molar-refractivity contribution in [2.45, 2.75) is 5.16 Å². The van der Waals surface area contributed by atoms with Gasteiger partial charge in [-0.25, -0.2) is 24.6 Å². The molecular weight excluding hydrogens is 352 g/mol. The zero-order valence-electron chi connectivity index (χ0n) is 10.2. The Bertz CT molecular complexity index is 618. The molecule has 1 aromatic heterocycles. The Labute approximate surface area is 126 Å². The van der Waals surface area contributed by atoms with Crippen LogP contribution in [0.2, 0.25) is 0 Å². The number of benzene rings is 1. The summed E-state index contributed by atoms with van der Waals surface area (Å²) in [6.45, 7) is 0. The van der Waals surface area contributed by atoms with Gasteiger partial charge in [0.05, 0.1) is 10.2 Å². The van der Waals surface area contributed by atoms with Gasteiger partial charge in [0.1, 0.15) is 23.3 Å². The molecule has 0 radical (unpaired) electrons. The standard InChI is InChI=1S/C11H10BrF2N5S/c1-20-11-17-9(4-10(18-11)19-15)16-8-3-6(13)5(12)2-7(8)14/h2-4H,15H2,1H3,(H2,16,17,18,19). The molecule has 0 bridgehead atoms. The quantitative estimate of drug-likeness (QED) is 0.255. The van der Waals surface area contributed by atoms with E-state index in [1.54, 1.807) is 6.26 Å². The lowest BCUT2D eigenvalue weighted by Gasteiger charge is -2.10. The second-order valence-electron chi connectivity index (χ2n) is 3.64. The smallest absolute Gasteiger partial charge is 0.191 e. The van der Waals surface area contributed by atoms with Crippen LogP contribution in [-0.2, 0) is 0 Å². The van der Waals surface area contributed by atoms with Crippen LogP contribution in [0.25, 0.3) is 0 Å². The highest BCUT2D eigenvalue weighted by molar-refractivity contribution is 9.10. The lowest BCUT2D eigenvalue weighted by Crippen LogP contribution is -2.10. The Morgan fingerprint density at radius 1 is 1.15 bits per heavy atom. The van der Waals surface area contributed by atoms with Crippen LogP contribution in [0.5, 0.6) is 0 Å². The molecule has 1 heterocycles. The highest BCUT2D eigenvalue weighted by atomic mass is 79.9. The fraction of sp³-hybridized carbons (Fsp3) is 0.0909. The molecule has 0 spiro atoms. The molecular formula is C11H10BrF2N5S. The lowest BCUT2D eigenvalue weighted by atomic mass is 10.3. The Kier molecular flexibility index (Phi) is 4.73. The van der Waals surface area contributed by atoms with E-state index in [2.05, 4.69) is 36.6 Å².